The average molecular weight is 345 g/mol. The van der Waals surface area contributed by atoms with Gasteiger partial charge in [-0.2, -0.15) is 0 Å². The van der Waals surface area contributed by atoms with Crippen molar-refractivity contribution >= 4 is 28.9 Å². The van der Waals surface area contributed by atoms with Crippen molar-refractivity contribution < 1.29 is 9.53 Å². The fraction of sp³-hybridized carbons (Fsp3) is 0.105. The summed E-state index contributed by atoms with van der Waals surface area (Å²) in [6.45, 7) is 1.38. The predicted molar refractivity (Wildman–Crippen MR) is 98.7 cm³/mol. The van der Waals surface area contributed by atoms with E-state index in [0.29, 0.717) is 23.9 Å². The summed E-state index contributed by atoms with van der Waals surface area (Å²) < 4.78 is 5.53. The molecule has 0 saturated heterocycles. The first-order valence-electron chi connectivity index (χ1n) is 8.32. The molecule has 2 aliphatic heterocycles. The van der Waals surface area contributed by atoms with Gasteiger partial charge in [0.2, 0.25) is 5.88 Å². The first-order valence-corrected chi connectivity index (χ1v) is 8.32. The van der Waals surface area contributed by atoms with E-state index in [2.05, 4.69) is 25.6 Å². The Morgan fingerprint density at radius 1 is 1.12 bits per heavy atom. The van der Waals surface area contributed by atoms with Gasteiger partial charge in [-0.1, -0.05) is 6.07 Å². The zero-order chi connectivity index (χ0) is 17.5. The number of fused-ring (bicyclic) bond motifs is 2. The van der Waals surface area contributed by atoms with E-state index in [9.17, 15) is 4.79 Å². The Morgan fingerprint density at radius 2 is 2.08 bits per heavy atom. The Morgan fingerprint density at radius 3 is 2.96 bits per heavy atom. The molecule has 2 aliphatic rings. The van der Waals surface area contributed by atoms with E-state index in [1.165, 1.54) is 0 Å². The topological polar surface area (TPSA) is 91.9 Å². The largest absolute Gasteiger partial charge is 0.474 e. The van der Waals surface area contributed by atoms with Gasteiger partial charge in [-0.25, -0.2) is 9.97 Å². The van der Waals surface area contributed by atoms with Crippen LogP contribution in [-0.2, 0) is 4.79 Å². The monoisotopic (exact) mass is 345 g/mol. The molecule has 0 bridgehead atoms. The smallest absolute Gasteiger partial charge is 0.256 e. The quantitative estimate of drug-likeness (QED) is 0.621. The summed E-state index contributed by atoms with van der Waals surface area (Å²) in [7, 11) is 0. The molecular formula is C19H15N5O2. The zero-order valence-corrected chi connectivity index (χ0v) is 13.7. The molecule has 7 heteroatoms. The second-order valence-electron chi connectivity index (χ2n) is 6.10. The number of imidazole rings is 1. The molecule has 0 saturated carbocycles. The summed E-state index contributed by atoms with van der Waals surface area (Å²) >= 11 is 0. The maximum absolute atomic E-state index is 12.3. The van der Waals surface area contributed by atoms with E-state index >= 15 is 0 Å². The number of aromatic amines is 1. The third kappa shape index (κ3) is 2.41. The highest BCUT2D eigenvalue weighted by Gasteiger charge is 2.25. The third-order valence-corrected chi connectivity index (χ3v) is 4.44. The molecule has 1 aromatic carbocycles. The van der Waals surface area contributed by atoms with Gasteiger partial charge in [-0.05, 0) is 29.8 Å². The molecule has 128 valence electrons. The lowest BCUT2D eigenvalue weighted by Crippen LogP contribution is -2.18. The number of rotatable bonds is 2. The minimum absolute atomic E-state index is 0.132. The van der Waals surface area contributed by atoms with Crippen LogP contribution in [0.1, 0.15) is 11.4 Å². The normalized spacial score (nSPS) is 16.5. The van der Waals surface area contributed by atoms with Gasteiger partial charge < -0.3 is 20.4 Å². The number of hydrogen-bond acceptors (Lipinski definition) is 5. The number of amides is 1. The van der Waals surface area contributed by atoms with Crippen LogP contribution in [0.3, 0.4) is 0 Å². The van der Waals surface area contributed by atoms with E-state index in [1.54, 1.807) is 24.7 Å². The van der Waals surface area contributed by atoms with Crippen molar-refractivity contribution in [2.75, 3.05) is 23.8 Å². The molecule has 0 atom stereocenters. The van der Waals surface area contributed by atoms with Crippen LogP contribution in [0.25, 0.3) is 22.8 Å². The van der Waals surface area contributed by atoms with Crippen LogP contribution in [-0.4, -0.2) is 34.0 Å². The molecule has 0 aliphatic carbocycles. The molecule has 4 heterocycles. The van der Waals surface area contributed by atoms with Crippen molar-refractivity contribution in [2.24, 2.45) is 0 Å². The van der Waals surface area contributed by atoms with Crippen LogP contribution >= 0.6 is 0 Å². The molecule has 1 amide bonds. The van der Waals surface area contributed by atoms with E-state index in [4.69, 9.17) is 4.74 Å². The summed E-state index contributed by atoms with van der Waals surface area (Å²) in [6.07, 6.45) is 6.92. The number of carbonyl (C=O) groups is 1. The van der Waals surface area contributed by atoms with Crippen molar-refractivity contribution in [3.05, 3.63) is 54.2 Å². The molecule has 0 radical (unpaired) electrons. The van der Waals surface area contributed by atoms with Gasteiger partial charge in [0, 0.05) is 41.9 Å². The molecule has 0 unspecified atom stereocenters. The Balaban J connectivity index is 1.58. The van der Waals surface area contributed by atoms with Gasteiger partial charge in [0.15, 0.2) is 0 Å². The van der Waals surface area contributed by atoms with Crippen LogP contribution in [0.5, 0.6) is 5.88 Å². The number of anilines is 2. The second-order valence-corrected chi connectivity index (χ2v) is 6.10. The second kappa shape index (κ2) is 5.73. The van der Waals surface area contributed by atoms with Crippen LogP contribution < -0.4 is 15.4 Å². The van der Waals surface area contributed by atoms with Crippen LogP contribution in [0.15, 0.2) is 42.9 Å². The summed E-state index contributed by atoms with van der Waals surface area (Å²) in [4.78, 5) is 23.9. The minimum atomic E-state index is -0.132. The highest BCUT2D eigenvalue weighted by atomic mass is 16.5. The standard InChI is InChI=1S/C19H15N5O2/c25-18-14(9-17-21-3-4-22-17)13-7-11(1-2-15(13)24-18)12-8-16-19(23-10-12)26-6-5-20-16/h1-4,7-10,20H,5-6H2,(H,21,22)(H,24,25). The van der Waals surface area contributed by atoms with E-state index in [-0.39, 0.29) is 5.91 Å². The van der Waals surface area contributed by atoms with Gasteiger partial charge in [-0.3, -0.25) is 4.79 Å². The number of pyridine rings is 1. The molecule has 0 spiro atoms. The molecule has 3 aromatic rings. The summed E-state index contributed by atoms with van der Waals surface area (Å²) in [6, 6.07) is 7.90. The lowest BCUT2D eigenvalue weighted by atomic mass is 10.00. The Bertz CT molecular complexity index is 1040. The molecule has 7 nitrogen and oxygen atoms in total. The number of hydrogen-bond donors (Lipinski definition) is 3. The number of H-pyrrole nitrogens is 1. The SMILES string of the molecule is O=C1Nc2ccc(-c3cnc4c(c3)NCCO4)cc2C1=Cc1ncc[nH]1. The molecule has 2 aromatic heterocycles. The fourth-order valence-corrected chi connectivity index (χ4v) is 3.19. The molecule has 5 rings (SSSR count). The maximum atomic E-state index is 12.3. The number of benzene rings is 1. The number of aromatic nitrogens is 3. The number of nitrogens with zero attached hydrogens (tertiary/aromatic N) is 2. The van der Waals surface area contributed by atoms with Gasteiger partial charge in [0.05, 0.1) is 11.3 Å². The number of nitrogens with one attached hydrogen (secondary N) is 3. The van der Waals surface area contributed by atoms with E-state index < -0.39 is 0 Å². The van der Waals surface area contributed by atoms with Crippen molar-refractivity contribution in [1.82, 2.24) is 15.0 Å². The van der Waals surface area contributed by atoms with Crippen molar-refractivity contribution in [3.63, 3.8) is 0 Å². The van der Waals surface area contributed by atoms with Gasteiger partial charge >= 0.3 is 0 Å². The van der Waals surface area contributed by atoms with Crippen LogP contribution in [0.2, 0.25) is 0 Å². The third-order valence-electron chi connectivity index (χ3n) is 4.44. The van der Waals surface area contributed by atoms with Gasteiger partial charge in [0.1, 0.15) is 12.4 Å². The molecular weight excluding hydrogens is 330 g/mol. The summed E-state index contributed by atoms with van der Waals surface area (Å²) in [5, 5.41) is 6.18. The predicted octanol–water partition coefficient (Wildman–Crippen LogP) is 2.77. The maximum Gasteiger partial charge on any atom is 0.256 e. The van der Waals surface area contributed by atoms with Crippen molar-refractivity contribution in [2.45, 2.75) is 0 Å². The fourth-order valence-electron chi connectivity index (χ4n) is 3.19. The lowest BCUT2D eigenvalue weighted by Gasteiger charge is -2.18. The first kappa shape index (κ1) is 14.7. The minimum Gasteiger partial charge on any atom is -0.474 e. The Labute approximate surface area is 149 Å². The molecule has 3 N–H and O–H groups in total. The first-order chi connectivity index (χ1) is 12.8. The summed E-state index contributed by atoms with van der Waals surface area (Å²) in [5.74, 6) is 1.13. The highest BCUT2D eigenvalue weighted by Crippen LogP contribution is 2.37. The van der Waals surface area contributed by atoms with Crippen LogP contribution in [0, 0.1) is 0 Å². The number of carbonyl (C=O) groups excluding carboxylic acids is 1. The van der Waals surface area contributed by atoms with Gasteiger partial charge in [0.25, 0.3) is 5.91 Å². The van der Waals surface area contributed by atoms with Crippen LogP contribution in [0.4, 0.5) is 11.4 Å². The number of ether oxygens (including phenoxy) is 1. The van der Waals surface area contributed by atoms with Crippen molar-refractivity contribution in [3.8, 4) is 17.0 Å². The van der Waals surface area contributed by atoms with E-state index in [1.807, 2.05) is 24.3 Å². The Hall–Kier alpha value is -3.61. The van der Waals surface area contributed by atoms with Crippen molar-refractivity contribution in [1.29, 1.82) is 0 Å². The molecule has 0 fully saturated rings. The Kier molecular flexibility index (Phi) is 3.24. The molecule has 26 heavy (non-hydrogen) atoms. The highest BCUT2D eigenvalue weighted by molar-refractivity contribution is 6.34. The zero-order valence-electron chi connectivity index (χ0n) is 13.7. The van der Waals surface area contributed by atoms with E-state index in [0.717, 1.165) is 34.6 Å². The summed E-state index contributed by atoms with van der Waals surface area (Å²) in [5.41, 5.74) is 5.06. The lowest BCUT2D eigenvalue weighted by molar-refractivity contribution is -0.110. The van der Waals surface area contributed by atoms with Gasteiger partial charge in [-0.15, -0.1) is 0 Å². The average Bonchev–Trinajstić information content (AvgIpc) is 3.29.